The maximum absolute atomic E-state index is 5.19. The zero-order valence-electron chi connectivity index (χ0n) is 13.8. The largest absolute Gasteiger partial charge is 0.497 e. The zero-order chi connectivity index (χ0) is 17.2. The third kappa shape index (κ3) is 3.08. The van der Waals surface area contributed by atoms with Gasteiger partial charge < -0.3 is 9.30 Å². The Hall–Kier alpha value is -2.87. The molecule has 0 amide bonds. The summed E-state index contributed by atoms with van der Waals surface area (Å²) < 4.78 is 8.80. The van der Waals surface area contributed by atoms with Crippen LogP contribution in [0, 0.1) is 0 Å². The molecule has 1 aromatic carbocycles. The minimum atomic E-state index is 0.688. The second-order valence-corrected chi connectivity index (χ2v) is 6.39. The molecule has 4 rings (SSSR count). The Labute approximate surface area is 148 Å². The van der Waals surface area contributed by atoms with Gasteiger partial charge in [-0.05, 0) is 23.8 Å². The number of rotatable bonds is 5. The van der Waals surface area contributed by atoms with E-state index in [0.717, 1.165) is 22.7 Å². The number of thioether (sulfide) groups is 1. The van der Waals surface area contributed by atoms with E-state index in [1.807, 2.05) is 48.1 Å². The van der Waals surface area contributed by atoms with Crippen LogP contribution in [-0.2, 0) is 12.8 Å². The summed E-state index contributed by atoms with van der Waals surface area (Å²) in [7, 11) is 3.59. The van der Waals surface area contributed by atoms with E-state index in [0.29, 0.717) is 11.0 Å². The van der Waals surface area contributed by atoms with Crippen molar-refractivity contribution >= 4 is 22.9 Å². The van der Waals surface area contributed by atoms with Crippen molar-refractivity contribution in [2.75, 3.05) is 7.11 Å². The minimum absolute atomic E-state index is 0.688. The van der Waals surface area contributed by atoms with E-state index in [-0.39, 0.29) is 0 Å². The Bertz CT molecular complexity index is 994. The van der Waals surface area contributed by atoms with E-state index in [1.54, 1.807) is 36.1 Å². The molecule has 4 aromatic rings. The van der Waals surface area contributed by atoms with E-state index in [4.69, 9.17) is 4.74 Å². The first kappa shape index (κ1) is 15.6. The van der Waals surface area contributed by atoms with Gasteiger partial charge >= 0.3 is 0 Å². The van der Waals surface area contributed by atoms with Crippen LogP contribution in [-0.4, -0.2) is 36.4 Å². The van der Waals surface area contributed by atoms with Gasteiger partial charge in [-0.1, -0.05) is 23.9 Å². The topological polar surface area (TPSA) is 70.7 Å². The fourth-order valence-corrected chi connectivity index (χ4v) is 3.25. The molecule has 0 unspecified atom stereocenters. The molecule has 0 radical (unpaired) electrons. The molecule has 0 atom stereocenters. The number of hydrogen-bond donors (Lipinski definition) is 0. The lowest BCUT2D eigenvalue weighted by Crippen LogP contribution is -2.03. The molecule has 0 saturated heterocycles. The van der Waals surface area contributed by atoms with Crippen LogP contribution < -0.4 is 4.74 Å². The Morgan fingerprint density at radius 1 is 1.16 bits per heavy atom. The van der Waals surface area contributed by atoms with Gasteiger partial charge in [-0.25, -0.2) is 19.6 Å². The molecule has 3 heterocycles. The Morgan fingerprint density at radius 3 is 2.72 bits per heavy atom. The number of imidazole rings is 1. The highest BCUT2D eigenvalue weighted by atomic mass is 32.2. The first-order valence-electron chi connectivity index (χ1n) is 7.69. The number of aromatic nitrogens is 6. The van der Waals surface area contributed by atoms with Crippen LogP contribution in [0.3, 0.4) is 0 Å². The van der Waals surface area contributed by atoms with Gasteiger partial charge in [0.1, 0.15) is 5.75 Å². The molecule has 0 aliphatic carbocycles. The molecule has 25 heavy (non-hydrogen) atoms. The standard InChI is InChI=1S/C17H16N6OS/c1-22-11-18-14-15(22)20-17(21-16(14)23-9-3-8-19-23)25-10-12-4-6-13(24-2)7-5-12/h3-9,11H,10H2,1-2H3. The normalized spacial score (nSPS) is 11.1. The Morgan fingerprint density at radius 2 is 2.00 bits per heavy atom. The third-order valence-electron chi connectivity index (χ3n) is 3.77. The lowest BCUT2D eigenvalue weighted by atomic mass is 10.2. The van der Waals surface area contributed by atoms with Gasteiger partial charge in [0, 0.05) is 25.2 Å². The highest BCUT2D eigenvalue weighted by Gasteiger charge is 2.14. The van der Waals surface area contributed by atoms with Crippen LogP contribution in [0.2, 0.25) is 0 Å². The lowest BCUT2D eigenvalue weighted by molar-refractivity contribution is 0.414. The average molecular weight is 352 g/mol. The molecule has 0 aliphatic heterocycles. The van der Waals surface area contributed by atoms with Crippen molar-refractivity contribution < 1.29 is 4.74 Å². The van der Waals surface area contributed by atoms with Gasteiger partial charge in [-0.15, -0.1) is 0 Å². The van der Waals surface area contributed by atoms with E-state index in [2.05, 4.69) is 20.1 Å². The third-order valence-corrected chi connectivity index (χ3v) is 4.69. The van der Waals surface area contributed by atoms with E-state index >= 15 is 0 Å². The highest BCUT2D eigenvalue weighted by Crippen LogP contribution is 2.25. The fourth-order valence-electron chi connectivity index (χ4n) is 2.46. The van der Waals surface area contributed by atoms with Crippen molar-refractivity contribution in [2.24, 2.45) is 7.05 Å². The summed E-state index contributed by atoms with van der Waals surface area (Å²) in [6.45, 7) is 0. The van der Waals surface area contributed by atoms with Gasteiger partial charge in [0.2, 0.25) is 0 Å². The molecule has 0 bridgehead atoms. The molecule has 0 spiro atoms. The van der Waals surface area contributed by atoms with Crippen LogP contribution in [0.25, 0.3) is 17.0 Å². The van der Waals surface area contributed by atoms with Crippen molar-refractivity contribution in [1.29, 1.82) is 0 Å². The summed E-state index contributed by atoms with van der Waals surface area (Å²) in [5, 5.41) is 4.97. The van der Waals surface area contributed by atoms with Crippen molar-refractivity contribution in [2.45, 2.75) is 10.9 Å². The van der Waals surface area contributed by atoms with Gasteiger partial charge in [-0.3, -0.25) is 0 Å². The van der Waals surface area contributed by atoms with Crippen LogP contribution in [0.5, 0.6) is 5.75 Å². The smallest absolute Gasteiger partial charge is 0.192 e. The van der Waals surface area contributed by atoms with Gasteiger partial charge in [-0.2, -0.15) is 5.10 Å². The summed E-state index contributed by atoms with van der Waals surface area (Å²) in [6, 6.07) is 9.86. The number of benzene rings is 1. The zero-order valence-corrected chi connectivity index (χ0v) is 14.6. The summed E-state index contributed by atoms with van der Waals surface area (Å²) in [4.78, 5) is 13.7. The van der Waals surface area contributed by atoms with E-state index in [1.165, 1.54) is 5.56 Å². The number of aryl methyl sites for hydroxylation is 1. The van der Waals surface area contributed by atoms with Crippen LogP contribution >= 0.6 is 11.8 Å². The molecular formula is C17H16N6OS. The van der Waals surface area contributed by atoms with Gasteiger partial charge in [0.05, 0.1) is 13.4 Å². The van der Waals surface area contributed by atoms with Gasteiger partial charge in [0.15, 0.2) is 22.1 Å². The van der Waals surface area contributed by atoms with Crippen LogP contribution in [0.1, 0.15) is 5.56 Å². The van der Waals surface area contributed by atoms with Crippen molar-refractivity contribution in [3.05, 3.63) is 54.6 Å². The summed E-state index contributed by atoms with van der Waals surface area (Å²) in [5.41, 5.74) is 2.71. The predicted octanol–water partition coefficient (Wildman–Crippen LogP) is 2.85. The Kier molecular flexibility index (Phi) is 4.10. The number of hydrogen-bond acceptors (Lipinski definition) is 6. The quantitative estimate of drug-likeness (QED) is 0.406. The first-order valence-corrected chi connectivity index (χ1v) is 8.68. The first-order chi connectivity index (χ1) is 12.2. The Balaban J connectivity index is 1.66. The van der Waals surface area contributed by atoms with E-state index in [9.17, 15) is 0 Å². The number of methoxy groups -OCH3 is 1. The highest BCUT2D eigenvalue weighted by molar-refractivity contribution is 7.98. The summed E-state index contributed by atoms with van der Waals surface area (Å²) in [5.74, 6) is 2.31. The van der Waals surface area contributed by atoms with Gasteiger partial charge in [0.25, 0.3) is 0 Å². The molecule has 0 saturated carbocycles. The van der Waals surface area contributed by atoms with E-state index < -0.39 is 0 Å². The van der Waals surface area contributed by atoms with Crippen molar-refractivity contribution in [1.82, 2.24) is 29.3 Å². The number of fused-ring (bicyclic) bond motifs is 1. The summed E-state index contributed by atoms with van der Waals surface area (Å²) in [6.07, 6.45) is 5.32. The van der Waals surface area contributed by atoms with Crippen molar-refractivity contribution in [3.8, 4) is 11.6 Å². The molecule has 0 aliphatic rings. The number of ether oxygens (including phenoxy) is 1. The molecule has 8 heteroatoms. The van der Waals surface area contributed by atoms with Crippen LogP contribution in [0.4, 0.5) is 0 Å². The molecule has 0 fully saturated rings. The second-order valence-electron chi connectivity index (χ2n) is 5.44. The average Bonchev–Trinajstić information content (AvgIpc) is 3.30. The predicted molar refractivity (Wildman–Crippen MR) is 96.0 cm³/mol. The molecule has 3 aromatic heterocycles. The molecule has 0 N–H and O–H groups in total. The maximum Gasteiger partial charge on any atom is 0.192 e. The second kappa shape index (κ2) is 6.56. The monoisotopic (exact) mass is 352 g/mol. The molecule has 126 valence electrons. The minimum Gasteiger partial charge on any atom is -0.497 e. The van der Waals surface area contributed by atoms with Crippen LogP contribution in [0.15, 0.2) is 54.2 Å². The number of nitrogens with zero attached hydrogens (tertiary/aromatic N) is 6. The SMILES string of the molecule is COc1ccc(CSc2nc(-n3cccn3)c3ncn(C)c3n2)cc1. The fraction of sp³-hybridized carbons (Fsp3) is 0.176. The lowest BCUT2D eigenvalue weighted by Gasteiger charge is -2.06. The maximum atomic E-state index is 5.19. The van der Waals surface area contributed by atoms with Crippen molar-refractivity contribution in [3.63, 3.8) is 0 Å². The molecular weight excluding hydrogens is 336 g/mol. The molecule has 7 nitrogen and oxygen atoms in total. The summed E-state index contributed by atoms with van der Waals surface area (Å²) >= 11 is 1.58.